The number of nitriles is 1. The summed E-state index contributed by atoms with van der Waals surface area (Å²) in [5, 5.41) is 8.28. The first kappa shape index (κ1) is 4.85. The third-order valence-electron chi connectivity index (χ3n) is 0.933. The van der Waals surface area contributed by atoms with Crippen LogP contribution in [-0.2, 0) is 0 Å². The number of hydrogen-bond donors (Lipinski definition) is 0. The summed E-state index contributed by atoms with van der Waals surface area (Å²) in [6, 6.07) is 0. The van der Waals surface area contributed by atoms with E-state index in [-0.39, 0.29) is 0 Å². The van der Waals surface area contributed by atoms with Gasteiger partial charge < -0.3 is 0 Å². The molecule has 0 fully saturated rings. The van der Waals surface area contributed by atoms with Crippen LogP contribution in [0.15, 0.2) is 12.4 Å². The molecule has 0 aromatic carbocycles. The Bertz CT molecular complexity index is 218. The van der Waals surface area contributed by atoms with E-state index in [2.05, 4.69) is 4.98 Å². The van der Waals surface area contributed by atoms with Crippen LogP contribution in [0.5, 0.6) is 0 Å². The van der Waals surface area contributed by atoms with Gasteiger partial charge in [0.05, 0.1) is 0 Å². The van der Waals surface area contributed by atoms with Crippen molar-refractivity contribution in [3.63, 3.8) is 0 Å². The lowest BCUT2D eigenvalue weighted by molar-refractivity contribution is 0.991. The summed E-state index contributed by atoms with van der Waals surface area (Å²) in [7, 11) is 0. The Morgan fingerprint density at radius 2 is 2.62 bits per heavy atom. The van der Waals surface area contributed by atoms with Crippen LogP contribution < -0.4 is 0 Å². The molecule has 0 saturated carbocycles. The summed E-state index contributed by atoms with van der Waals surface area (Å²) in [6.45, 7) is 1.78. The second kappa shape index (κ2) is 1.66. The van der Waals surface area contributed by atoms with Crippen LogP contribution in [0.1, 0.15) is 5.82 Å². The number of hydrogen-bond acceptors (Lipinski definition) is 2. The van der Waals surface area contributed by atoms with Crippen LogP contribution in [0.25, 0.3) is 0 Å². The molecule has 1 aromatic rings. The monoisotopic (exact) mass is 107 g/mol. The van der Waals surface area contributed by atoms with Crippen LogP contribution in [0.2, 0.25) is 0 Å². The highest BCUT2D eigenvalue weighted by atomic mass is 15.0. The Kier molecular flexibility index (Phi) is 1.01. The van der Waals surface area contributed by atoms with Crippen LogP contribution >= 0.6 is 0 Å². The molecule has 1 aromatic heterocycles. The zero-order valence-corrected chi connectivity index (χ0v) is 4.50. The molecule has 8 heavy (non-hydrogen) atoms. The van der Waals surface area contributed by atoms with Crippen molar-refractivity contribution in [2.45, 2.75) is 6.92 Å². The molecule has 1 rings (SSSR count). The van der Waals surface area contributed by atoms with E-state index in [1.165, 1.54) is 4.57 Å². The van der Waals surface area contributed by atoms with Gasteiger partial charge in [-0.05, 0) is 6.92 Å². The largest absolute Gasteiger partial charge is 0.241 e. The van der Waals surface area contributed by atoms with Crippen LogP contribution in [0.4, 0.5) is 0 Å². The molecular formula is C5H5N3. The Labute approximate surface area is 47.2 Å². The van der Waals surface area contributed by atoms with Gasteiger partial charge in [0.1, 0.15) is 5.82 Å². The van der Waals surface area contributed by atoms with Crippen molar-refractivity contribution >= 4 is 0 Å². The van der Waals surface area contributed by atoms with Gasteiger partial charge in [-0.3, -0.25) is 0 Å². The average Bonchev–Trinajstić information content (AvgIpc) is 2.14. The smallest absolute Gasteiger partial charge is 0.189 e. The SMILES string of the molecule is Cc1nccn1C#N. The van der Waals surface area contributed by atoms with Crippen LogP contribution in [0, 0.1) is 18.4 Å². The fourth-order valence-corrected chi connectivity index (χ4v) is 0.484. The summed E-state index contributed by atoms with van der Waals surface area (Å²) in [4.78, 5) is 3.83. The van der Waals surface area contributed by atoms with Crippen molar-refractivity contribution in [3.8, 4) is 6.19 Å². The summed E-state index contributed by atoms with van der Waals surface area (Å²) < 4.78 is 1.40. The lowest BCUT2D eigenvalue weighted by atomic mass is 10.7. The van der Waals surface area contributed by atoms with Gasteiger partial charge in [0.25, 0.3) is 0 Å². The minimum atomic E-state index is 0.729. The maximum Gasteiger partial charge on any atom is 0.189 e. The molecule has 0 N–H and O–H groups in total. The first-order valence-electron chi connectivity index (χ1n) is 2.24. The van der Waals surface area contributed by atoms with Crippen LogP contribution in [0.3, 0.4) is 0 Å². The molecule has 0 aliphatic carbocycles. The van der Waals surface area contributed by atoms with E-state index in [1.807, 2.05) is 6.19 Å². The summed E-state index contributed by atoms with van der Waals surface area (Å²) in [6.07, 6.45) is 5.15. The average molecular weight is 107 g/mol. The van der Waals surface area contributed by atoms with Gasteiger partial charge in [0.2, 0.25) is 0 Å². The lowest BCUT2D eigenvalue weighted by Gasteiger charge is -1.83. The summed E-state index contributed by atoms with van der Waals surface area (Å²) >= 11 is 0. The topological polar surface area (TPSA) is 41.6 Å². The third-order valence-corrected chi connectivity index (χ3v) is 0.933. The zero-order valence-electron chi connectivity index (χ0n) is 4.50. The lowest BCUT2D eigenvalue weighted by Crippen LogP contribution is -1.87. The normalized spacial score (nSPS) is 8.50. The van der Waals surface area contributed by atoms with Gasteiger partial charge in [0, 0.05) is 12.4 Å². The summed E-state index contributed by atoms with van der Waals surface area (Å²) in [5.41, 5.74) is 0. The van der Waals surface area contributed by atoms with Crippen molar-refractivity contribution in [1.29, 1.82) is 5.26 Å². The predicted molar refractivity (Wildman–Crippen MR) is 28.0 cm³/mol. The van der Waals surface area contributed by atoms with E-state index in [0.717, 1.165) is 5.82 Å². The Hall–Kier alpha value is -1.30. The Morgan fingerprint density at radius 1 is 1.88 bits per heavy atom. The van der Waals surface area contributed by atoms with Gasteiger partial charge >= 0.3 is 0 Å². The molecule has 40 valence electrons. The maximum absolute atomic E-state index is 8.28. The molecular weight excluding hydrogens is 102 g/mol. The highest BCUT2D eigenvalue weighted by molar-refractivity contribution is 4.96. The second-order valence-electron chi connectivity index (χ2n) is 1.44. The van der Waals surface area contributed by atoms with Crippen molar-refractivity contribution in [2.24, 2.45) is 0 Å². The quantitative estimate of drug-likeness (QED) is 0.485. The molecule has 0 radical (unpaired) electrons. The molecule has 3 heteroatoms. The standard InChI is InChI=1S/C5H5N3/c1-5-7-2-3-8(5)4-6/h2-3H,1H3. The highest BCUT2D eigenvalue weighted by Gasteiger charge is 1.89. The molecule has 0 spiro atoms. The van der Waals surface area contributed by atoms with Crippen molar-refractivity contribution in [1.82, 2.24) is 9.55 Å². The molecule has 0 aliphatic heterocycles. The van der Waals surface area contributed by atoms with E-state index in [4.69, 9.17) is 5.26 Å². The van der Waals surface area contributed by atoms with Gasteiger partial charge in [-0.2, -0.15) is 5.26 Å². The van der Waals surface area contributed by atoms with Crippen molar-refractivity contribution < 1.29 is 0 Å². The van der Waals surface area contributed by atoms with Crippen LogP contribution in [-0.4, -0.2) is 9.55 Å². The van der Waals surface area contributed by atoms with Gasteiger partial charge in [-0.1, -0.05) is 0 Å². The third kappa shape index (κ3) is 0.562. The molecule has 0 amide bonds. The highest BCUT2D eigenvalue weighted by Crippen LogP contribution is 1.88. The fourth-order valence-electron chi connectivity index (χ4n) is 0.484. The molecule has 1 heterocycles. The van der Waals surface area contributed by atoms with Gasteiger partial charge in [-0.25, -0.2) is 9.55 Å². The van der Waals surface area contributed by atoms with E-state index in [1.54, 1.807) is 19.3 Å². The van der Waals surface area contributed by atoms with Gasteiger partial charge in [-0.15, -0.1) is 0 Å². The van der Waals surface area contributed by atoms with Crippen molar-refractivity contribution in [3.05, 3.63) is 18.2 Å². The molecule has 0 atom stereocenters. The van der Waals surface area contributed by atoms with E-state index in [0.29, 0.717) is 0 Å². The first-order chi connectivity index (χ1) is 3.84. The fraction of sp³-hybridized carbons (Fsp3) is 0.200. The molecule has 0 aliphatic rings. The zero-order chi connectivity index (χ0) is 5.98. The predicted octanol–water partition coefficient (Wildman–Crippen LogP) is 0.521. The minimum absolute atomic E-state index is 0.729. The number of aromatic nitrogens is 2. The van der Waals surface area contributed by atoms with Crippen molar-refractivity contribution in [2.75, 3.05) is 0 Å². The van der Waals surface area contributed by atoms with Gasteiger partial charge in [0.15, 0.2) is 6.19 Å². The second-order valence-corrected chi connectivity index (χ2v) is 1.44. The minimum Gasteiger partial charge on any atom is -0.241 e. The maximum atomic E-state index is 8.28. The molecule has 0 saturated heterocycles. The van der Waals surface area contributed by atoms with E-state index in [9.17, 15) is 0 Å². The number of rotatable bonds is 0. The molecule has 3 nitrogen and oxygen atoms in total. The first-order valence-corrected chi connectivity index (χ1v) is 2.24. The number of imidazole rings is 1. The van der Waals surface area contributed by atoms with E-state index < -0.39 is 0 Å². The van der Waals surface area contributed by atoms with E-state index >= 15 is 0 Å². The number of aryl methyl sites for hydroxylation is 1. The number of nitrogens with zero attached hydrogens (tertiary/aromatic N) is 3. The summed E-state index contributed by atoms with van der Waals surface area (Å²) in [5.74, 6) is 0.729. The molecule has 0 unspecified atom stereocenters. The molecule has 0 bridgehead atoms. The Morgan fingerprint density at radius 3 is 2.88 bits per heavy atom. The Balaban J connectivity index is 3.15.